The van der Waals surface area contributed by atoms with Gasteiger partial charge in [-0.2, -0.15) is 13.2 Å². The maximum absolute atomic E-state index is 15.3. The van der Waals surface area contributed by atoms with Crippen molar-refractivity contribution in [1.82, 2.24) is 34.2 Å². The van der Waals surface area contributed by atoms with E-state index in [9.17, 15) is 18.0 Å². The Labute approximate surface area is 206 Å². The molecule has 0 aliphatic carbocycles. The summed E-state index contributed by atoms with van der Waals surface area (Å²) in [6.45, 7) is 1.40. The van der Waals surface area contributed by atoms with Gasteiger partial charge in [-0.3, -0.25) is 14.2 Å². The number of anilines is 1. The second kappa shape index (κ2) is 9.08. The van der Waals surface area contributed by atoms with Crippen molar-refractivity contribution < 1.29 is 22.4 Å². The predicted molar refractivity (Wildman–Crippen MR) is 124 cm³/mol. The lowest BCUT2D eigenvalue weighted by Gasteiger charge is -2.28. The van der Waals surface area contributed by atoms with Gasteiger partial charge in [-0.25, -0.2) is 24.3 Å². The van der Waals surface area contributed by atoms with Gasteiger partial charge in [0.15, 0.2) is 0 Å². The molecule has 0 aliphatic heterocycles. The number of hydrogen-bond acceptors (Lipinski definition) is 7. The standard InChI is InChI=1S/C24H18F4N8O/c1-13(22-31-5-2-6-32-22)35(11-15-4-3-14(9-33-15)24(26,27)28)23(37)16-7-19-18(8-17(16)25)34-21(29)20-10-30-12-36(19)20/h2-10,12-13H,11H2,1H3,(H2,29,34). The third-order valence-corrected chi connectivity index (χ3v) is 5.87. The van der Waals surface area contributed by atoms with Crippen molar-refractivity contribution in [2.24, 2.45) is 0 Å². The zero-order valence-corrected chi connectivity index (χ0v) is 19.2. The minimum atomic E-state index is -4.56. The van der Waals surface area contributed by atoms with E-state index in [1.807, 2.05) is 0 Å². The maximum Gasteiger partial charge on any atom is 0.417 e. The zero-order valence-electron chi connectivity index (χ0n) is 19.2. The molecule has 188 valence electrons. The van der Waals surface area contributed by atoms with E-state index in [4.69, 9.17) is 5.73 Å². The van der Waals surface area contributed by atoms with Gasteiger partial charge in [-0.05, 0) is 31.2 Å². The van der Waals surface area contributed by atoms with E-state index < -0.39 is 29.5 Å². The lowest BCUT2D eigenvalue weighted by Crippen LogP contribution is -2.35. The third kappa shape index (κ3) is 4.50. The summed E-state index contributed by atoms with van der Waals surface area (Å²) in [5.41, 5.74) is 5.97. The fraction of sp³-hybridized carbons (Fsp3) is 0.167. The third-order valence-electron chi connectivity index (χ3n) is 5.87. The molecular formula is C24H18F4N8O. The monoisotopic (exact) mass is 510 g/mol. The van der Waals surface area contributed by atoms with Gasteiger partial charge in [0.05, 0.1) is 53.0 Å². The number of nitrogen functional groups attached to an aromatic ring is 1. The van der Waals surface area contributed by atoms with Crippen LogP contribution in [0.5, 0.6) is 0 Å². The Kier molecular flexibility index (Phi) is 5.90. The molecule has 5 aromatic rings. The predicted octanol–water partition coefficient (Wildman–Crippen LogP) is 4.21. The Morgan fingerprint density at radius 1 is 1.11 bits per heavy atom. The number of fused-ring (bicyclic) bond motifs is 3. The van der Waals surface area contributed by atoms with Gasteiger partial charge in [0, 0.05) is 24.7 Å². The summed E-state index contributed by atoms with van der Waals surface area (Å²) in [4.78, 5) is 35.4. The summed E-state index contributed by atoms with van der Waals surface area (Å²) in [6.07, 6.45) is 2.05. The van der Waals surface area contributed by atoms with E-state index >= 15 is 4.39 Å². The molecule has 1 amide bonds. The molecule has 2 N–H and O–H groups in total. The van der Waals surface area contributed by atoms with Gasteiger partial charge in [-0.1, -0.05) is 0 Å². The molecule has 1 aromatic carbocycles. The number of amides is 1. The number of carbonyl (C=O) groups excluding carboxylic acids is 1. The number of nitrogens with two attached hydrogens (primary N) is 1. The largest absolute Gasteiger partial charge is 0.417 e. The number of nitrogens with zero attached hydrogens (tertiary/aromatic N) is 7. The first-order valence-corrected chi connectivity index (χ1v) is 10.9. The normalized spacial score (nSPS) is 12.7. The smallest absolute Gasteiger partial charge is 0.382 e. The molecule has 1 unspecified atom stereocenters. The molecular weight excluding hydrogens is 492 g/mol. The fourth-order valence-electron chi connectivity index (χ4n) is 3.93. The van der Waals surface area contributed by atoms with Crippen LogP contribution in [0.2, 0.25) is 0 Å². The van der Waals surface area contributed by atoms with Gasteiger partial charge in [0.1, 0.15) is 23.0 Å². The second-order valence-corrected chi connectivity index (χ2v) is 8.22. The Morgan fingerprint density at radius 2 is 1.86 bits per heavy atom. The molecule has 0 fully saturated rings. The summed E-state index contributed by atoms with van der Waals surface area (Å²) >= 11 is 0. The van der Waals surface area contributed by atoms with Crippen molar-refractivity contribution in [3.63, 3.8) is 0 Å². The van der Waals surface area contributed by atoms with E-state index in [0.29, 0.717) is 17.2 Å². The highest BCUT2D eigenvalue weighted by atomic mass is 19.4. The van der Waals surface area contributed by atoms with E-state index in [1.165, 1.54) is 42.0 Å². The van der Waals surface area contributed by atoms with Crippen LogP contribution in [0.25, 0.3) is 16.6 Å². The number of rotatable bonds is 5. The van der Waals surface area contributed by atoms with E-state index in [2.05, 4.69) is 24.9 Å². The van der Waals surface area contributed by atoms with Crippen molar-refractivity contribution in [3.05, 3.63) is 89.9 Å². The SMILES string of the molecule is CC(c1ncccn1)N(Cc1ccc(C(F)(F)F)cn1)C(=O)c1cc2c(cc1F)nc(N)c1cncn12. The Bertz CT molecular complexity index is 1600. The average Bonchev–Trinajstić information content (AvgIpc) is 3.38. The molecule has 0 spiro atoms. The molecule has 5 rings (SSSR count). The first-order chi connectivity index (χ1) is 17.6. The molecule has 0 aliphatic rings. The van der Waals surface area contributed by atoms with Gasteiger partial charge in [-0.15, -0.1) is 0 Å². The second-order valence-electron chi connectivity index (χ2n) is 8.22. The number of halogens is 4. The number of alkyl halides is 3. The Morgan fingerprint density at radius 3 is 2.54 bits per heavy atom. The number of aromatic nitrogens is 6. The molecule has 4 heterocycles. The van der Waals surface area contributed by atoms with E-state index in [0.717, 1.165) is 12.1 Å². The summed E-state index contributed by atoms with van der Waals surface area (Å²) < 4.78 is 55.8. The minimum Gasteiger partial charge on any atom is -0.382 e. The van der Waals surface area contributed by atoms with Gasteiger partial charge in [0.25, 0.3) is 5.91 Å². The van der Waals surface area contributed by atoms with Crippen LogP contribution in [0.3, 0.4) is 0 Å². The molecule has 4 aromatic heterocycles. The molecule has 9 nitrogen and oxygen atoms in total. The fourth-order valence-corrected chi connectivity index (χ4v) is 3.93. The highest BCUT2D eigenvalue weighted by molar-refractivity contribution is 5.98. The molecule has 0 radical (unpaired) electrons. The minimum absolute atomic E-state index is 0.147. The zero-order chi connectivity index (χ0) is 26.3. The van der Waals surface area contributed by atoms with Crippen LogP contribution in [0.1, 0.15) is 40.4 Å². The summed E-state index contributed by atoms with van der Waals surface area (Å²) in [7, 11) is 0. The lowest BCUT2D eigenvalue weighted by atomic mass is 10.1. The van der Waals surface area contributed by atoms with Crippen LogP contribution in [-0.2, 0) is 12.7 Å². The van der Waals surface area contributed by atoms with Crippen molar-refractivity contribution >= 4 is 28.3 Å². The Hall–Kier alpha value is -4.68. The molecule has 0 saturated carbocycles. The molecule has 37 heavy (non-hydrogen) atoms. The van der Waals surface area contributed by atoms with Gasteiger partial charge >= 0.3 is 6.18 Å². The number of carbonyl (C=O) groups is 1. The maximum atomic E-state index is 15.3. The first kappa shape index (κ1) is 24.0. The summed E-state index contributed by atoms with van der Waals surface area (Å²) in [6, 6.07) is 5.29. The number of imidazole rings is 1. The molecule has 0 saturated heterocycles. The highest BCUT2D eigenvalue weighted by Crippen LogP contribution is 2.30. The molecule has 1 atom stereocenters. The number of pyridine rings is 1. The highest BCUT2D eigenvalue weighted by Gasteiger charge is 2.32. The van der Waals surface area contributed by atoms with E-state index in [1.54, 1.807) is 17.4 Å². The Balaban J connectivity index is 1.58. The van der Waals surface area contributed by atoms with Crippen molar-refractivity contribution in [3.8, 4) is 0 Å². The van der Waals surface area contributed by atoms with Crippen LogP contribution in [0.15, 0.2) is 61.4 Å². The van der Waals surface area contributed by atoms with E-state index in [-0.39, 0.29) is 35.0 Å². The molecule has 13 heteroatoms. The summed E-state index contributed by atoms with van der Waals surface area (Å²) in [5.74, 6) is -1.19. The lowest BCUT2D eigenvalue weighted by molar-refractivity contribution is -0.137. The van der Waals surface area contributed by atoms with Crippen molar-refractivity contribution in [1.29, 1.82) is 0 Å². The van der Waals surface area contributed by atoms with Crippen LogP contribution < -0.4 is 5.73 Å². The number of benzene rings is 1. The number of hydrogen-bond donors (Lipinski definition) is 1. The van der Waals surface area contributed by atoms with Crippen LogP contribution in [0.4, 0.5) is 23.4 Å². The quantitative estimate of drug-likeness (QED) is 0.352. The first-order valence-electron chi connectivity index (χ1n) is 10.9. The van der Waals surface area contributed by atoms with Gasteiger partial charge in [0.2, 0.25) is 0 Å². The van der Waals surface area contributed by atoms with Crippen LogP contribution >= 0.6 is 0 Å². The van der Waals surface area contributed by atoms with Crippen molar-refractivity contribution in [2.45, 2.75) is 25.7 Å². The van der Waals surface area contributed by atoms with Gasteiger partial charge < -0.3 is 10.6 Å². The van der Waals surface area contributed by atoms with Crippen LogP contribution in [-0.4, -0.2) is 40.1 Å². The molecule has 0 bridgehead atoms. The average molecular weight is 510 g/mol. The van der Waals surface area contributed by atoms with Crippen LogP contribution in [0, 0.1) is 5.82 Å². The topological polar surface area (TPSA) is 115 Å². The summed E-state index contributed by atoms with van der Waals surface area (Å²) in [5, 5.41) is 0. The van der Waals surface area contributed by atoms with Crippen molar-refractivity contribution in [2.75, 3.05) is 5.73 Å².